The number of esters is 1. The van der Waals surface area contributed by atoms with Crippen LogP contribution >= 0.6 is 0 Å². The number of hydrogen-bond donors (Lipinski definition) is 0. The number of benzene rings is 3. The first-order chi connectivity index (χ1) is 16.0. The maximum Gasteiger partial charge on any atom is 0.341 e. The number of ether oxygens (including phenoxy) is 3. The molecule has 5 rings (SSSR count). The molecule has 0 bridgehead atoms. The first-order valence-corrected chi connectivity index (χ1v) is 11.3. The van der Waals surface area contributed by atoms with Crippen molar-refractivity contribution in [1.82, 2.24) is 0 Å². The summed E-state index contributed by atoms with van der Waals surface area (Å²) < 4.78 is 18.2. The number of methoxy groups -OCH3 is 1. The van der Waals surface area contributed by atoms with Gasteiger partial charge in [0.2, 0.25) is 0 Å². The molecule has 0 saturated carbocycles. The maximum atomic E-state index is 12.7. The molecule has 5 heteroatoms. The number of carbonyl (C=O) groups is 1. The minimum Gasteiger partial charge on any atom is -0.465 e. The average molecular weight is 442 g/mol. The Morgan fingerprint density at radius 3 is 2.61 bits per heavy atom. The van der Waals surface area contributed by atoms with Gasteiger partial charge in [0.25, 0.3) is 5.79 Å². The molecular formula is C28H27NO4. The summed E-state index contributed by atoms with van der Waals surface area (Å²) in [5.41, 5.74) is 4.23. The van der Waals surface area contributed by atoms with E-state index in [2.05, 4.69) is 43.0 Å². The van der Waals surface area contributed by atoms with E-state index < -0.39 is 11.8 Å². The van der Waals surface area contributed by atoms with Crippen LogP contribution in [-0.2, 0) is 4.74 Å². The lowest BCUT2D eigenvalue weighted by Crippen LogP contribution is -2.45. The monoisotopic (exact) mass is 441 g/mol. The van der Waals surface area contributed by atoms with Gasteiger partial charge in [-0.3, -0.25) is 0 Å². The smallest absolute Gasteiger partial charge is 0.341 e. The van der Waals surface area contributed by atoms with E-state index in [4.69, 9.17) is 14.2 Å². The molecular weight excluding hydrogens is 414 g/mol. The van der Waals surface area contributed by atoms with E-state index in [1.54, 1.807) is 0 Å². The van der Waals surface area contributed by atoms with Gasteiger partial charge in [0.05, 0.1) is 7.11 Å². The third kappa shape index (κ3) is 3.35. The molecule has 0 fully saturated rings. The molecule has 1 spiro atoms. The van der Waals surface area contributed by atoms with Crippen molar-refractivity contribution in [3.63, 3.8) is 0 Å². The Morgan fingerprint density at radius 1 is 1.06 bits per heavy atom. The van der Waals surface area contributed by atoms with Crippen LogP contribution in [-0.4, -0.2) is 32.0 Å². The van der Waals surface area contributed by atoms with Crippen LogP contribution in [0.15, 0.2) is 60.2 Å². The third-order valence-corrected chi connectivity index (χ3v) is 6.48. The van der Waals surface area contributed by atoms with E-state index in [1.807, 2.05) is 49.4 Å². The van der Waals surface area contributed by atoms with Crippen LogP contribution in [0.2, 0.25) is 0 Å². The second-order valence-electron chi connectivity index (χ2n) is 8.31. The van der Waals surface area contributed by atoms with Crippen molar-refractivity contribution in [3.8, 4) is 11.5 Å². The summed E-state index contributed by atoms with van der Waals surface area (Å²) in [6.07, 6.45) is 5.99. The molecule has 1 unspecified atom stereocenters. The van der Waals surface area contributed by atoms with Gasteiger partial charge in [-0.05, 0) is 61.9 Å². The van der Waals surface area contributed by atoms with Gasteiger partial charge in [-0.1, -0.05) is 24.3 Å². The zero-order chi connectivity index (χ0) is 23.2. The number of rotatable bonds is 4. The van der Waals surface area contributed by atoms with E-state index in [0.29, 0.717) is 11.3 Å². The van der Waals surface area contributed by atoms with Gasteiger partial charge in [-0.15, -0.1) is 0 Å². The zero-order valence-electron chi connectivity index (χ0n) is 19.3. The van der Waals surface area contributed by atoms with Crippen LogP contribution in [0.4, 0.5) is 5.69 Å². The number of nitrogens with zero attached hydrogens (tertiary/aromatic N) is 1. The minimum absolute atomic E-state index is 0.383. The van der Waals surface area contributed by atoms with Crippen LogP contribution in [0, 0.1) is 0 Å². The van der Waals surface area contributed by atoms with E-state index in [9.17, 15) is 4.79 Å². The van der Waals surface area contributed by atoms with Gasteiger partial charge in [0, 0.05) is 47.6 Å². The summed E-state index contributed by atoms with van der Waals surface area (Å²) in [7, 11) is 1.38. The highest BCUT2D eigenvalue weighted by molar-refractivity contribution is 6.04. The minimum atomic E-state index is -1.13. The molecule has 3 aromatic rings. The fourth-order valence-electron chi connectivity index (χ4n) is 4.62. The molecule has 0 N–H and O–H groups in total. The SMILES string of the molecule is CCN(CC)c1ccc2c(c1)OC1(C=C2)Oc2c(C(=O)OC)cc3ccccc3c2C=C1C. The van der Waals surface area contributed by atoms with Gasteiger partial charge >= 0.3 is 5.97 Å². The maximum absolute atomic E-state index is 12.7. The molecule has 33 heavy (non-hydrogen) atoms. The number of fused-ring (bicyclic) bond motifs is 4. The quantitative estimate of drug-likeness (QED) is 0.460. The predicted molar refractivity (Wildman–Crippen MR) is 132 cm³/mol. The van der Waals surface area contributed by atoms with Gasteiger partial charge in [-0.25, -0.2) is 4.79 Å². The number of anilines is 1. The second-order valence-corrected chi connectivity index (χ2v) is 8.31. The van der Waals surface area contributed by atoms with Crippen molar-refractivity contribution in [1.29, 1.82) is 0 Å². The van der Waals surface area contributed by atoms with Gasteiger partial charge in [-0.2, -0.15) is 0 Å². The van der Waals surface area contributed by atoms with Crippen LogP contribution in [0.5, 0.6) is 11.5 Å². The number of hydrogen-bond acceptors (Lipinski definition) is 5. The Balaban J connectivity index is 1.64. The lowest BCUT2D eigenvalue weighted by Gasteiger charge is -2.39. The molecule has 0 saturated heterocycles. The number of carbonyl (C=O) groups excluding carboxylic acids is 1. The first-order valence-electron chi connectivity index (χ1n) is 11.3. The highest BCUT2D eigenvalue weighted by Gasteiger charge is 2.42. The second kappa shape index (κ2) is 8.00. The fourth-order valence-corrected chi connectivity index (χ4v) is 4.62. The predicted octanol–water partition coefficient (Wildman–Crippen LogP) is 6.07. The Hall–Kier alpha value is -3.73. The van der Waals surface area contributed by atoms with Gasteiger partial charge < -0.3 is 19.1 Å². The van der Waals surface area contributed by atoms with E-state index >= 15 is 0 Å². The lowest BCUT2D eigenvalue weighted by atomic mass is 9.91. The topological polar surface area (TPSA) is 48.0 Å². The molecule has 168 valence electrons. The summed E-state index contributed by atoms with van der Waals surface area (Å²) in [6.45, 7) is 8.09. The molecule has 0 radical (unpaired) electrons. The Morgan fingerprint density at radius 2 is 1.85 bits per heavy atom. The summed E-state index contributed by atoms with van der Waals surface area (Å²) >= 11 is 0. The van der Waals surface area contributed by atoms with E-state index in [-0.39, 0.29) is 0 Å². The van der Waals surface area contributed by atoms with Crippen LogP contribution in [0.25, 0.3) is 22.9 Å². The van der Waals surface area contributed by atoms with Crippen LogP contribution in [0.1, 0.15) is 42.3 Å². The normalized spacial score (nSPS) is 18.1. The molecule has 0 aliphatic carbocycles. The molecule has 2 aliphatic heterocycles. The average Bonchev–Trinajstić information content (AvgIpc) is 2.84. The van der Waals surface area contributed by atoms with Crippen molar-refractivity contribution in [3.05, 3.63) is 76.9 Å². The molecule has 0 aromatic heterocycles. The van der Waals surface area contributed by atoms with E-state index in [1.165, 1.54) is 7.11 Å². The lowest BCUT2D eigenvalue weighted by molar-refractivity contribution is -0.0416. The molecule has 2 aliphatic rings. The molecule has 0 amide bonds. The third-order valence-electron chi connectivity index (χ3n) is 6.48. The van der Waals surface area contributed by atoms with Crippen LogP contribution in [0.3, 0.4) is 0 Å². The van der Waals surface area contributed by atoms with Crippen molar-refractivity contribution in [2.75, 3.05) is 25.1 Å². The highest BCUT2D eigenvalue weighted by Crippen LogP contribution is 2.46. The zero-order valence-corrected chi connectivity index (χ0v) is 19.3. The van der Waals surface area contributed by atoms with Gasteiger partial charge in [0.1, 0.15) is 17.1 Å². The van der Waals surface area contributed by atoms with Crippen LogP contribution < -0.4 is 14.4 Å². The van der Waals surface area contributed by atoms with Crippen molar-refractivity contribution >= 4 is 34.6 Å². The largest absolute Gasteiger partial charge is 0.465 e. The summed E-state index contributed by atoms with van der Waals surface area (Å²) in [6, 6.07) is 16.0. The summed E-state index contributed by atoms with van der Waals surface area (Å²) in [5, 5.41) is 1.97. The molecule has 5 nitrogen and oxygen atoms in total. The highest BCUT2D eigenvalue weighted by atomic mass is 16.7. The molecule has 2 heterocycles. The summed E-state index contributed by atoms with van der Waals surface area (Å²) in [4.78, 5) is 15.0. The van der Waals surface area contributed by atoms with Crippen molar-refractivity contribution in [2.24, 2.45) is 0 Å². The van der Waals surface area contributed by atoms with E-state index in [0.717, 1.165) is 52.0 Å². The first kappa shape index (κ1) is 21.1. The van der Waals surface area contributed by atoms with Crippen molar-refractivity contribution in [2.45, 2.75) is 26.6 Å². The molecule has 3 aromatic carbocycles. The van der Waals surface area contributed by atoms with Gasteiger partial charge in [0.15, 0.2) is 0 Å². The standard InChI is InChI=1S/C28H27NO4/c1-5-29(6-2)21-12-11-19-13-14-28(32-25(19)17-21)18(3)15-23-22-10-8-7-9-20(22)16-24(26(23)33-28)27(30)31-4/h7-17H,5-6H2,1-4H3. The van der Waals surface area contributed by atoms with Crippen molar-refractivity contribution < 1.29 is 19.0 Å². The Kier molecular flexibility index (Phi) is 5.12. The summed E-state index contributed by atoms with van der Waals surface area (Å²) in [5.74, 6) is -0.352. The fraction of sp³-hybridized carbons (Fsp3) is 0.250. The Bertz CT molecular complexity index is 1320. The Labute approximate surface area is 193 Å². The molecule has 1 atom stereocenters.